The van der Waals surface area contributed by atoms with Crippen LogP contribution in [-0.2, 0) is 22.9 Å². The molecule has 0 amide bonds. The minimum absolute atomic E-state index is 0.0344. The lowest BCUT2D eigenvalue weighted by Gasteiger charge is -2.07. The first kappa shape index (κ1) is 15.0. The maximum absolute atomic E-state index is 12.2. The summed E-state index contributed by atoms with van der Waals surface area (Å²) in [6.07, 6.45) is 2.27. The molecule has 2 aromatic rings. The van der Waals surface area contributed by atoms with E-state index in [1.165, 1.54) is 6.20 Å². The van der Waals surface area contributed by atoms with Crippen LogP contribution in [0.25, 0.3) is 0 Å². The first-order valence-corrected chi connectivity index (χ1v) is 7.87. The van der Waals surface area contributed by atoms with Gasteiger partial charge in [-0.05, 0) is 17.7 Å². The number of sulfonamides is 1. The van der Waals surface area contributed by atoms with Crippen molar-refractivity contribution in [2.24, 2.45) is 5.73 Å². The summed E-state index contributed by atoms with van der Waals surface area (Å²) < 4.78 is 26.8. The van der Waals surface area contributed by atoms with E-state index in [2.05, 4.69) is 14.7 Å². The summed E-state index contributed by atoms with van der Waals surface area (Å²) in [5, 5.41) is 7.25. The van der Waals surface area contributed by atoms with Crippen LogP contribution in [0.4, 0.5) is 5.69 Å². The summed E-state index contributed by atoms with van der Waals surface area (Å²) >= 11 is 0. The zero-order valence-electron chi connectivity index (χ0n) is 11.6. The third-order valence-electron chi connectivity index (χ3n) is 2.83. The summed E-state index contributed by atoms with van der Waals surface area (Å²) in [5.74, 6) is 0.681. The monoisotopic (exact) mass is 307 g/mol. The number of nitrogens with two attached hydrogens (primary N) is 1. The minimum atomic E-state index is -3.67. The van der Waals surface area contributed by atoms with Crippen LogP contribution in [-0.4, -0.2) is 24.2 Å². The lowest BCUT2D eigenvalue weighted by molar-refractivity contribution is 0.598. The number of nitrogens with one attached hydrogen (secondary N) is 3. The topological polar surface area (TPSA) is 125 Å². The van der Waals surface area contributed by atoms with Gasteiger partial charge in [-0.25, -0.2) is 4.98 Å². The average Bonchev–Trinajstić information content (AvgIpc) is 2.90. The van der Waals surface area contributed by atoms with Crippen molar-refractivity contribution in [3.05, 3.63) is 41.9 Å². The van der Waals surface area contributed by atoms with Crippen molar-refractivity contribution < 1.29 is 8.42 Å². The summed E-state index contributed by atoms with van der Waals surface area (Å²) in [6, 6.07) is 6.72. The fraction of sp³-hybridized carbons (Fsp3) is 0.231. The molecule has 1 heterocycles. The van der Waals surface area contributed by atoms with Gasteiger partial charge in [-0.15, -0.1) is 0 Å². The van der Waals surface area contributed by atoms with E-state index in [0.717, 1.165) is 5.56 Å². The van der Waals surface area contributed by atoms with E-state index in [-0.39, 0.29) is 10.9 Å². The molecule has 0 radical (unpaired) electrons. The van der Waals surface area contributed by atoms with Crippen LogP contribution >= 0.6 is 0 Å². The van der Waals surface area contributed by atoms with Gasteiger partial charge in [-0.2, -0.15) is 8.42 Å². The van der Waals surface area contributed by atoms with Crippen LogP contribution in [0, 0.1) is 5.41 Å². The number of benzene rings is 1. The number of hydrogen-bond donors (Lipinski definition) is 4. The molecule has 1 aromatic heterocycles. The molecule has 1 aromatic carbocycles. The number of H-pyrrole nitrogens is 1. The summed E-state index contributed by atoms with van der Waals surface area (Å²) in [4.78, 5) is 6.73. The van der Waals surface area contributed by atoms with E-state index >= 15 is 0 Å². The molecule has 7 nitrogen and oxygen atoms in total. The number of aromatic amines is 1. The van der Waals surface area contributed by atoms with Crippen LogP contribution < -0.4 is 10.5 Å². The smallest absolute Gasteiger partial charge is 0.278 e. The Balaban J connectivity index is 2.14. The van der Waals surface area contributed by atoms with Gasteiger partial charge >= 0.3 is 0 Å². The third kappa shape index (κ3) is 3.82. The van der Waals surface area contributed by atoms with Gasteiger partial charge in [-0.3, -0.25) is 10.1 Å². The van der Waals surface area contributed by atoms with Crippen molar-refractivity contribution in [3.63, 3.8) is 0 Å². The maximum Gasteiger partial charge on any atom is 0.278 e. The number of aryl methyl sites for hydroxylation is 1. The number of amidine groups is 1. The fourth-order valence-electron chi connectivity index (χ4n) is 1.78. The standard InChI is InChI=1S/C13H17N5O2S/c1-2-12-16-8-13(17-12)21(19,20)18-10-5-3-9(4-6-10)7-11(14)15/h3-6,8,18H,2,7H2,1H3,(H3,14,15)(H,16,17). The second-order valence-corrected chi connectivity index (χ2v) is 6.20. The molecular formula is C13H17N5O2S. The van der Waals surface area contributed by atoms with Crippen LogP contribution in [0.3, 0.4) is 0 Å². The Kier molecular flexibility index (Phi) is 4.27. The molecule has 0 spiro atoms. The predicted octanol–water partition coefficient (Wildman–Crippen LogP) is 1.25. The van der Waals surface area contributed by atoms with Gasteiger partial charge < -0.3 is 10.7 Å². The van der Waals surface area contributed by atoms with Crippen molar-refractivity contribution in [2.45, 2.75) is 24.8 Å². The van der Waals surface area contributed by atoms with Gasteiger partial charge in [0.25, 0.3) is 10.0 Å². The number of rotatable bonds is 6. The Labute approximate surface area is 123 Å². The van der Waals surface area contributed by atoms with Crippen molar-refractivity contribution in [1.29, 1.82) is 5.41 Å². The second-order valence-electron chi connectivity index (χ2n) is 4.55. The predicted molar refractivity (Wildman–Crippen MR) is 80.8 cm³/mol. The Morgan fingerprint density at radius 2 is 2.05 bits per heavy atom. The Morgan fingerprint density at radius 3 is 2.57 bits per heavy atom. The molecule has 0 aliphatic rings. The van der Waals surface area contributed by atoms with E-state index in [1.807, 2.05) is 6.92 Å². The molecule has 8 heteroatoms. The SMILES string of the molecule is CCc1ncc(S(=O)(=O)Nc2ccc(CC(=N)N)cc2)[nH]1. The summed E-state index contributed by atoms with van der Waals surface area (Å²) in [5.41, 5.74) is 6.60. The van der Waals surface area contributed by atoms with Gasteiger partial charge in [-0.1, -0.05) is 19.1 Å². The molecule has 0 atom stereocenters. The highest BCUT2D eigenvalue weighted by atomic mass is 32.2. The van der Waals surface area contributed by atoms with Gasteiger partial charge in [0.05, 0.1) is 12.0 Å². The number of hydrogen-bond acceptors (Lipinski definition) is 4. The normalized spacial score (nSPS) is 11.3. The number of nitrogens with zero attached hydrogens (tertiary/aromatic N) is 1. The molecule has 0 aliphatic carbocycles. The molecular weight excluding hydrogens is 290 g/mol. The molecule has 0 aliphatic heterocycles. The highest BCUT2D eigenvalue weighted by molar-refractivity contribution is 7.92. The van der Waals surface area contributed by atoms with Crippen LogP contribution in [0.15, 0.2) is 35.5 Å². The second kappa shape index (κ2) is 5.96. The minimum Gasteiger partial charge on any atom is -0.387 e. The van der Waals surface area contributed by atoms with Crippen molar-refractivity contribution in [2.75, 3.05) is 4.72 Å². The Bertz CT molecular complexity index is 734. The first-order valence-electron chi connectivity index (χ1n) is 6.39. The van der Waals surface area contributed by atoms with Gasteiger partial charge in [0.15, 0.2) is 5.03 Å². The molecule has 0 fully saturated rings. The molecule has 0 saturated carbocycles. The Hall–Kier alpha value is -2.35. The fourth-order valence-corrected chi connectivity index (χ4v) is 2.78. The molecule has 2 rings (SSSR count). The van der Waals surface area contributed by atoms with E-state index in [1.54, 1.807) is 24.3 Å². The first-order chi connectivity index (χ1) is 9.90. The molecule has 0 bridgehead atoms. The maximum atomic E-state index is 12.2. The van der Waals surface area contributed by atoms with Gasteiger partial charge in [0, 0.05) is 18.5 Å². The molecule has 112 valence electrons. The third-order valence-corrected chi connectivity index (χ3v) is 4.12. The summed E-state index contributed by atoms with van der Waals surface area (Å²) in [7, 11) is -3.67. The van der Waals surface area contributed by atoms with E-state index in [9.17, 15) is 8.42 Å². The summed E-state index contributed by atoms with van der Waals surface area (Å²) in [6.45, 7) is 1.89. The lowest BCUT2D eigenvalue weighted by Crippen LogP contribution is -2.14. The van der Waals surface area contributed by atoms with E-state index < -0.39 is 10.0 Å². The van der Waals surface area contributed by atoms with Crippen LogP contribution in [0.5, 0.6) is 0 Å². The van der Waals surface area contributed by atoms with E-state index in [0.29, 0.717) is 24.4 Å². The van der Waals surface area contributed by atoms with Gasteiger partial charge in [0.2, 0.25) is 0 Å². The zero-order valence-corrected chi connectivity index (χ0v) is 12.4. The number of anilines is 1. The molecule has 0 unspecified atom stereocenters. The molecule has 5 N–H and O–H groups in total. The molecule has 21 heavy (non-hydrogen) atoms. The van der Waals surface area contributed by atoms with Gasteiger partial charge in [0.1, 0.15) is 5.82 Å². The Morgan fingerprint density at radius 1 is 1.38 bits per heavy atom. The number of aromatic nitrogens is 2. The molecule has 0 saturated heterocycles. The van der Waals surface area contributed by atoms with E-state index in [4.69, 9.17) is 11.1 Å². The highest BCUT2D eigenvalue weighted by Gasteiger charge is 2.16. The van der Waals surface area contributed by atoms with Crippen LogP contribution in [0.1, 0.15) is 18.3 Å². The van der Waals surface area contributed by atoms with Crippen molar-refractivity contribution >= 4 is 21.5 Å². The quantitative estimate of drug-likeness (QED) is 0.473. The number of imidazole rings is 1. The van der Waals surface area contributed by atoms with Crippen molar-refractivity contribution in [1.82, 2.24) is 9.97 Å². The zero-order chi connectivity index (χ0) is 15.5. The average molecular weight is 307 g/mol. The largest absolute Gasteiger partial charge is 0.387 e. The van der Waals surface area contributed by atoms with Crippen LogP contribution in [0.2, 0.25) is 0 Å². The lowest BCUT2D eigenvalue weighted by atomic mass is 10.1. The highest BCUT2D eigenvalue weighted by Crippen LogP contribution is 2.15. The van der Waals surface area contributed by atoms with Crippen molar-refractivity contribution in [3.8, 4) is 0 Å².